The fourth-order valence-electron chi connectivity index (χ4n) is 2.66. The van der Waals surface area contributed by atoms with Gasteiger partial charge in [-0.15, -0.1) is 0 Å². The van der Waals surface area contributed by atoms with Crippen LogP contribution in [0.15, 0.2) is 66.1 Å². The van der Waals surface area contributed by atoms with Crippen molar-refractivity contribution in [3.8, 4) is 11.1 Å². The average molecular weight is 370 g/mol. The van der Waals surface area contributed by atoms with Crippen LogP contribution >= 0.6 is 0 Å². The number of esters is 2. The molecule has 2 aromatic rings. The van der Waals surface area contributed by atoms with Crippen LogP contribution in [0.5, 0.6) is 0 Å². The highest BCUT2D eigenvalue weighted by molar-refractivity contribution is 5.89. The minimum absolute atomic E-state index is 0.000679. The van der Waals surface area contributed by atoms with E-state index in [1.54, 1.807) is 0 Å². The van der Waals surface area contributed by atoms with E-state index in [1.807, 2.05) is 54.6 Å². The van der Waals surface area contributed by atoms with Crippen molar-refractivity contribution in [1.29, 1.82) is 0 Å². The van der Waals surface area contributed by atoms with Gasteiger partial charge in [-0.2, -0.15) is 0 Å². The molecule has 0 amide bonds. The van der Waals surface area contributed by atoms with E-state index in [1.165, 1.54) is 0 Å². The van der Waals surface area contributed by atoms with Crippen molar-refractivity contribution in [3.63, 3.8) is 0 Å². The van der Waals surface area contributed by atoms with E-state index >= 15 is 0 Å². The Morgan fingerprint density at radius 3 is 2.26 bits per heavy atom. The fraction of sp³-hybridized carbons (Fsp3) is 0.200. The number of aliphatic hydroxyl groups excluding tert-OH is 3. The van der Waals surface area contributed by atoms with Crippen LogP contribution in [0, 0.1) is 0 Å². The van der Waals surface area contributed by atoms with Gasteiger partial charge in [0.1, 0.15) is 12.7 Å². The first-order valence-corrected chi connectivity index (χ1v) is 8.27. The van der Waals surface area contributed by atoms with Gasteiger partial charge in [0.15, 0.2) is 11.9 Å². The summed E-state index contributed by atoms with van der Waals surface area (Å²) in [6.07, 6.45) is -2.93. The Kier molecular flexibility index (Phi) is 5.42. The van der Waals surface area contributed by atoms with Crippen LogP contribution in [0.4, 0.5) is 0 Å². The number of rotatable bonds is 6. The molecule has 140 valence electrons. The maximum Gasteiger partial charge on any atom is 0.377 e. The standard InChI is InChI=1S/C20H18O7/c21-15(19-17(23)18(24)20(25)27-19)11-26-16(22)10-12-6-8-14(9-7-12)13-4-2-1-3-5-13/h1-9,15,19,21,23-24H,10-11H2/t15-,19+/m0/s1. The summed E-state index contributed by atoms with van der Waals surface area (Å²) in [6.45, 7) is -0.490. The number of carbonyl (C=O) groups excluding carboxylic acids is 2. The Bertz CT molecular complexity index is 856. The predicted octanol–water partition coefficient (Wildman–Crippen LogP) is 2.05. The molecule has 3 rings (SSSR count). The van der Waals surface area contributed by atoms with E-state index in [-0.39, 0.29) is 6.42 Å². The third-order valence-corrected chi connectivity index (χ3v) is 4.11. The molecule has 0 unspecified atom stereocenters. The summed E-state index contributed by atoms with van der Waals surface area (Å²) >= 11 is 0. The highest BCUT2D eigenvalue weighted by Crippen LogP contribution is 2.22. The van der Waals surface area contributed by atoms with E-state index in [4.69, 9.17) is 4.74 Å². The lowest BCUT2D eigenvalue weighted by Crippen LogP contribution is -2.33. The van der Waals surface area contributed by atoms with Gasteiger partial charge in [0.25, 0.3) is 0 Å². The second-order valence-electron chi connectivity index (χ2n) is 6.05. The topological polar surface area (TPSA) is 113 Å². The van der Waals surface area contributed by atoms with Crippen LogP contribution in [-0.2, 0) is 25.5 Å². The molecule has 2 atom stereocenters. The minimum Gasteiger partial charge on any atom is -0.505 e. The Morgan fingerprint density at radius 2 is 1.67 bits per heavy atom. The van der Waals surface area contributed by atoms with E-state index in [0.717, 1.165) is 16.7 Å². The molecule has 7 heteroatoms. The zero-order valence-corrected chi connectivity index (χ0v) is 14.2. The van der Waals surface area contributed by atoms with E-state index in [2.05, 4.69) is 4.74 Å². The summed E-state index contributed by atoms with van der Waals surface area (Å²) in [5, 5.41) is 28.6. The number of hydrogen-bond donors (Lipinski definition) is 3. The van der Waals surface area contributed by atoms with Gasteiger partial charge in [0.05, 0.1) is 6.42 Å². The van der Waals surface area contributed by atoms with Gasteiger partial charge in [-0.3, -0.25) is 4.79 Å². The monoisotopic (exact) mass is 370 g/mol. The Morgan fingerprint density at radius 1 is 1.04 bits per heavy atom. The van der Waals surface area contributed by atoms with Crippen molar-refractivity contribution in [1.82, 2.24) is 0 Å². The lowest BCUT2D eigenvalue weighted by atomic mass is 10.0. The molecule has 7 nitrogen and oxygen atoms in total. The van der Waals surface area contributed by atoms with Gasteiger partial charge in [0, 0.05) is 0 Å². The Hall–Kier alpha value is -3.32. The Balaban J connectivity index is 1.52. The third kappa shape index (κ3) is 4.27. The molecule has 0 bridgehead atoms. The molecule has 0 aromatic heterocycles. The van der Waals surface area contributed by atoms with Crippen molar-refractivity contribution in [3.05, 3.63) is 71.7 Å². The molecule has 0 spiro atoms. The molecule has 0 saturated carbocycles. The third-order valence-electron chi connectivity index (χ3n) is 4.11. The van der Waals surface area contributed by atoms with Crippen LogP contribution in [0.1, 0.15) is 5.56 Å². The van der Waals surface area contributed by atoms with Gasteiger partial charge >= 0.3 is 11.9 Å². The van der Waals surface area contributed by atoms with Crippen LogP contribution in [0.25, 0.3) is 11.1 Å². The first-order chi connectivity index (χ1) is 13.0. The molecule has 2 aromatic carbocycles. The van der Waals surface area contributed by atoms with E-state index in [9.17, 15) is 24.9 Å². The highest BCUT2D eigenvalue weighted by Gasteiger charge is 2.39. The molecule has 1 aliphatic heterocycles. The number of ether oxygens (including phenoxy) is 2. The molecule has 3 N–H and O–H groups in total. The molecule has 1 heterocycles. The van der Waals surface area contributed by atoms with Crippen molar-refractivity contribution >= 4 is 11.9 Å². The molecule has 0 fully saturated rings. The second-order valence-corrected chi connectivity index (χ2v) is 6.05. The summed E-state index contributed by atoms with van der Waals surface area (Å²) in [7, 11) is 0. The summed E-state index contributed by atoms with van der Waals surface area (Å²) in [5.74, 6) is -3.45. The number of hydrogen-bond acceptors (Lipinski definition) is 7. The molecular formula is C20H18O7. The zero-order valence-electron chi connectivity index (χ0n) is 14.2. The predicted molar refractivity (Wildman–Crippen MR) is 94.7 cm³/mol. The van der Waals surface area contributed by atoms with E-state index in [0.29, 0.717) is 0 Å². The highest BCUT2D eigenvalue weighted by atomic mass is 16.6. The Labute approximate surface area is 155 Å². The van der Waals surface area contributed by atoms with Crippen molar-refractivity contribution in [2.45, 2.75) is 18.6 Å². The number of cyclic esters (lactones) is 1. The maximum atomic E-state index is 11.9. The van der Waals surface area contributed by atoms with Crippen LogP contribution in [0.3, 0.4) is 0 Å². The summed E-state index contributed by atoms with van der Waals surface area (Å²) in [4.78, 5) is 23.0. The molecule has 0 saturated heterocycles. The summed E-state index contributed by atoms with van der Waals surface area (Å²) in [5.41, 5.74) is 2.83. The van der Waals surface area contributed by atoms with Gasteiger partial charge in [-0.05, 0) is 16.7 Å². The smallest absolute Gasteiger partial charge is 0.377 e. The number of benzene rings is 2. The minimum atomic E-state index is -1.48. The van der Waals surface area contributed by atoms with Crippen molar-refractivity contribution in [2.24, 2.45) is 0 Å². The summed E-state index contributed by atoms with van der Waals surface area (Å²) in [6, 6.07) is 17.2. The van der Waals surface area contributed by atoms with Crippen LogP contribution in [0.2, 0.25) is 0 Å². The molecule has 0 aliphatic carbocycles. The van der Waals surface area contributed by atoms with Crippen LogP contribution < -0.4 is 0 Å². The quantitative estimate of drug-likeness (QED) is 0.667. The van der Waals surface area contributed by atoms with Gasteiger partial charge in [0.2, 0.25) is 5.76 Å². The van der Waals surface area contributed by atoms with Gasteiger partial charge in [-0.1, -0.05) is 54.6 Å². The van der Waals surface area contributed by atoms with Gasteiger partial charge < -0.3 is 24.8 Å². The van der Waals surface area contributed by atoms with Gasteiger partial charge in [-0.25, -0.2) is 4.79 Å². The van der Waals surface area contributed by atoms with Crippen molar-refractivity contribution < 1.29 is 34.4 Å². The number of aliphatic hydroxyl groups is 3. The SMILES string of the molecule is O=C(Cc1ccc(-c2ccccc2)cc1)OC[C@H](O)[C@H]1OC(=O)C(O)=C1O. The maximum absolute atomic E-state index is 11.9. The molecule has 0 radical (unpaired) electrons. The number of carbonyl (C=O) groups is 2. The molecule has 27 heavy (non-hydrogen) atoms. The first-order valence-electron chi connectivity index (χ1n) is 8.27. The first kappa shape index (κ1) is 18.5. The lowest BCUT2D eigenvalue weighted by Gasteiger charge is -2.17. The normalized spacial score (nSPS) is 17.5. The average Bonchev–Trinajstić information content (AvgIpc) is 2.95. The molecule has 1 aliphatic rings. The second kappa shape index (κ2) is 7.92. The summed E-state index contributed by atoms with van der Waals surface area (Å²) < 4.78 is 9.56. The largest absolute Gasteiger partial charge is 0.505 e. The molecular weight excluding hydrogens is 352 g/mol. The van der Waals surface area contributed by atoms with Crippen molar-refractivity contribution in [2.75, 3.05) is 6.61 Å². The fourth-order valence-corrected chi connectivity index (χ4v) is 2.66. The van der Waals surface area contributed by atoms with Crippen LogP contribution in [-0.4, -0.2) is 46.1 Å². The zero-order chi connectivity index (χ0) is 19.4. The van der Waals surface area contributed by atoms with E-state index < -0.39 is 42.3 Å². The lowest BCUT2D eigenvalue weighted by molar-refractivity contribution is -0.154.